The number of ketones is 1. The molecule has 1 atom stereocenters. The molecule has 4 rings (SSSR count). The molecule has 192 valence electrons. The highest BCUT2D eigenvalue weighted by atomic mass is 16.5. The Labute approximate surface area is 216 Å². The van der Waals surface area contributed by atoms with E-state index < -0.39 is 17.7 Å². The summed E-state index contributed by atoms with van der Waals surface area (Å²) >= 11 is 0. The lowest BCUT2D eigenvalue weighted by molar-refractivity contribution is -0.132. The van der Waals surface area contributed by atoms with Crippen molar-refractivity contribution in [1.29, 1.82) is 0 Å². The summed E-state index contributed by atoms with van der Waals surface area (Å²) in [5.74, 6) is -0.224. The third-order valence-corrected chi connectivity index (χ3v) is 6.46. The quantitative estimate of drug-likeness (QED) is 0.241. The lowest BCUT2D eigenvalue weighted by Gasteiger charge is -2.26. The van der Waals surface area contributed by atoms with Crippen molar-refractivity contribution in [2.75, 3.05) is 25.2 Å². The number of amides is 1. The molecule has 3 aromatic carbocycles. The Bertz CT molecular complexity index is 1360. The van der Waals surface area contributed by atoms with Gasteiger partial charge < -0.3 is 19.3 Å². The summed E-state index contributed by atoms with van der Waals surface area (Å²) in [7, 11) is 1.57. The Morgan fingerprint density at radius 1 is 0.865 bits per heavy atom. The summed E-state index contributed by atoms with van der Waals surface area (Å²) in [4.78, 5) is 28.4. The molecule has 0 aromatic heterocycles. The molecule has 0 bridgehead atoms. The van der Waals surface area contributed by atoms with Crippen molar-refractivity contribution in [3.8, 4) is 17.2 Å². The standard InChI is InChI=1S/C30H31NO6/c1-6-36-23-14-15-24(25(17-23)37-7-2)28(32)26-27(20-9-12-22(35-5)13-10-20)31(30(34)29(26)33)21-11-8-18(3)19(4)16-21/h8-17,27,32H,6-7H2,1-5H3/b28-26-. The fourth-order valence-electron chi connectivity index (χ4n) is 4.45. The van der Waals surface area contributed by atoms with E-state index in [9.17, 15) is 14.7 Å². The van der Waals surface area contributed by atoms with E-state index in [-0.39, 0.29) is 11.3 Å². The number of benzene rings is 3. The first kappa shape index (κ1) is 25.8. The van der Waals surface area contributed by atoms with Crippen LogP contribution in [0.2, 0.25) is 0 Å². The Morgan fingerprint density at radius 2 is 1.54 bits per heavy atom. The first-order valence-electron chi connectivity index (χ1n) is 12.2. The van der Waals surface area contributed by atoms with Gasteiger partial charge >= 0.3 is 0 Å². The molecule has 1 amide bonds. The van der Waals surface area contributed by atoms with Gasteiger partial charge in [0.2, 0.25) is 0 Å². The normalized spacial score (nSPS) is 16.7. The van der Waals surface area contributed by atoms with Crippen LogP contribution in [-0.4, -0.2) is 37.1 Å². The van der Waals surface area contributed by atoms with E-state index in [1.807, 2.05) is 45.9 Å². The van der Waals surface area contributed by atoms with Crippen LogP contribution >= 0.6 is 0 Å². The predicted octanol–water partition coefficient (Wildman–Crippen LogP) is 5.74. The number of methoxy groups -OCH3 is 1. The zero-order valence-electron chi connectivity index (χ0n) is 21.7. The highest BCUT2D eigenvalue weighted by Crippen LogP contribution is 2.44. The minimum Gasteiger partial charge on any atom is -0.507 e. The fourth-order valence-corrected chi connectivity index (χ4v) is 4.45. The lowest BCUT2D eigenvalue weighted by Crippen LogP contribution is -2.29. The van der Waals surface area contributed by atoms with Gasteiger partial charge in [0.05, 0.1) is 37.5 Å². The van der Waals surface area contributed by atoms with Crippen molar-refractivity contribution in [2.24, 2.45) is 0 Å². The second kappa shape index (κ2) is 10.8. The van der Waals surface area contributed by atoms with Gasteiger partial charge in [-0.15, -0.1) is 0 Å². The summed E-state index contributed by atoms with van der Waals surface area (Å²) < 4.78 is 16.7. The number of rotatable bonds is 8. The number of aliphatic hydroxyl groups is 1. The number of hydrogen-bond acceptors (Lipinski definition) is 6. The average Bonchev–Trinajstić information content (AvgIpc) is 3.16. The number of hydrogen-bond donors (Lipinski definition) is 1. The fraction of sp³-hybridized carbons (Fsp3) is 0.267. The second-order valence-corrected chi connectivity index (χ2v) is 8.73. The molecule has 0 saturated carbocycles. The van der Waals surface area contributed by atoms with Gasteiger partial charge in [0.1, 0.15) is 23.0 Å². The number of carbonyl (C=O) groups excluding carboxylic acids is 2. The van der Waals surface area contributed by atoms with E-state index in [1.54, 1.807) is 49.6 Å². The molecule has 1 saturated heterocycles. The molecular formula is C30H31NO6. The molecule has 1 fully saturated rings. The minimum absolute atomic E-state index is 0.0153. The summed E-state index contributed by atoms with van der Waals surface area (Å²) in [5, 5.41) is 11.6. The van der Waals surface area contributed by atoms with Crippen LogP contribution < -0.4 is 19.1 Å². The van der Waals surface area contributed by atoms with E-state index in [0.29, 0.717) is 47.3 Å². The van der Waals surface area contributed by atoms with Gasteiger partial charge in [-0.2, -0.15) is 0 Å². The van der Waals surface area contributed by atoms with Gasteiger partial charge in [-0.25, -0.2) is 0 Å². The van der Waals surface area contributed by atoms with Crippen molar-refractivity contribution in [3.05, 3.63) is 88.5 Å². The highest BCUT2D eigenvalue weighted by molar-refractivity contribution is 6.51. The summed E-state index contributed by atoms with van der Waals surface area (Å²) in [6.45, 7) is 8.44. The molecule has 3 aromatic rings. The Morgan fingerprint density at radius 3 is 2.16 bits per heavy atom. The summed E-state index contributed by atoms with van der Waals surface area (Å²) in [6.07, 6.45) is 0. The number of anilines is 1. The van der Waals surface area contributed by atoms with Gasteiger partial charge in [-0.3, -0.25) is 14.5 Å². The molecule has 1 aliphatic rings. The van der Waals surface area contributed by atoms with Crippen LogP contribution in [0.25, 0.3) is 5.76 Å². The van der Waals surface area contributed by atoms with Crippen LogP contribution in [0.5, 0.6) is 17.2 Å². The van der Waals surface area contributed by atoms with Gasteiger partial charge in [-0.05, 0) is 80.8 Å². The molecule has 1 heterocycles. The smallest absolute Gasteiger partial charge is 0.300 e. The third-order valence-electron chi connectivity index (χ3n) is 6.46. The summed E-state index contributed by atoms with van der Waals surface area (Å²) in [5.41, 5.74) is 3.57. The molecule has 0 spiro atoms. The maximum Gasteiger partial charge on any atom is 0.300 e. The highest BCUT2D eigenvalue weighted by Gasteiger charge is 2.47. The maximum atomic E-state index is 13.5. The number of aliphatic hydroxyl groups excluding tert-OH is 1. The first-order valence-corrected chi connectivity index (χ1v) is 12.2. The second-order valence-electron chi connectivity index (χ2n) is 8.73. The first-order chi connectivity index (χ1) is 17.8. The van der Waals surface area contributed by atoms with Crippen LogP contribution in [-0.2, 0) is 9.59 Å². The van der Waals surface area contributed by atoms with Crippen molar-refractivity contribution in [2.45, 2.75) is 33.7 Å². The van der Waals surface area contributed by atoms with Crippen LogP contribution in [0.3, 0.4) is 0 Å². The Hall–Kier alpha value is -4.26. The van der Waals surface area contributed by atoms with Gasteiger partial charge in [0, 0.05) is 11.8 Å². The van der Waals surface area contributed by atoms with Crippen LogP contribution in [0.15, 0.2) is 66.2 Å². The SMILES string of the molecule is CCOc1ccc(/C(O)=C2/C(=O)C(=O)N(c3ccc(C)c(C)c3)C2c2ccc(OC)cc2)c(OCC)c1. The Balaban J connectivity index is 1.94. The molecule has 1 N–H and O–H groups in total. The molecule has 0 radical (unpaired) electrons. The van der Waals surface area contributed by atoms with Crippen LogP contribution in [0.1, 0.15) is 42.1 Å². The van der Waals surface area contributed by atoms with E-state index in [2.05, 4.69) is 0 Å². The monoisotopic (exact) mass is 501 g/mol. The molecule has 37 heavy (non-hydrogen) atoms. The number of aryl methyl sites for hydroxylation is 2. The average molecular weight is 502 g/mol. The molecule has 7 nitrogen and oxygen atoms in total. The molecule has 7 heteroatoms. The lowest BCUT2D eigenvalue weighted by atomic mass is 9.94. The van der Waals surface area contributed by atoms with Crippen molar-refractivity contribution >= 4 is 23.1 Å². The van der Waals surface area contributed by atoms with Crippen molar-refractivity contribution < 1.29 is 28.9 Å². The van der Waals surface area contributed by atoms with E-state index >= 15 is 0 Å². The van der Waals surface area contributed by atoms with E-state index in [4.69, 9.17) is 14.2 Å². The summed E-state index contributed by atoms with van der Waals surface area (Å²) in [6, 6.07) is 16.9. The number of Topliss-reactive ketones (excluding diaryl/α,β-unsaturated/α-hetero) is 1. The predicted molar refractivity (Wildman–Crippen MR) is 142 cm³/mol. The van der Waals surface area contributed by atoms with Gasteiger partial charge in [0.25, 0.3) is 11.7 Å². The van der Waals surface area contributed by atoms with Crippen molar-refractivity contribution in [3.63, 3.8) is 0 Å². The van der Waals surface area contributed by atoms with Crippen LogP contribution in [0, 0.1) is 13.8 Å². The van der Waals surface area contributed by atoms with E-state index in [0.717, 1.165) is 11.1 Å². The maximum absolute atomic E-state index is 13.5. The van der Waals surface area contributed by atoms with E-state index in [1.165, 1.54) is 4.90 Å². The molecule has 1 unspecified atom stereocenters. The minimum atomic E-state index is -0.853. The molecule has 1 aliphatic heterocycles. The number of nitrogens with zero attached hydrogens (tertiary/aromatic N) is 1. The third kappa shape index (κ3) is 4.89. The zero-order chi connectivity index (χ0) is 26.7. The molecular weight excluding hydrogens is 470 g/mol. The van der Waals surface area contributed by atoms with Crippen molar-refractivity contribution in [1.82, 2.24) is 0 Å². The zero-order valence-corrected chi connectivity index (χ0v) is 21.7. The number of carbonyl (C=O) groups is 2. The number of ether oxygens (including phenoxy) is 3. The van der Waals surface area contributed by atoms with Crippen LogP contribution in [0.4, 0.5) is 5.69 Å². The largest absolute Gasteiger partial charge is 0.507 e. The Kier molecular flexibility index (Phi) is 7.53. The van der Waals surface area contributed by atoms with Gasteiger partial charge in [0.15, 0.2) is 0 Å². The van der Waals surface area contributed by atoms with Gasteiger partial charge in [-0.1, -0.05) is 18.2 Å². The molecule has 0 aliphatic carbocycles. The topological polar surface area (TPSA) is 85.3 Å².